The molecule has 2 rings (SSSR count). The molecule has 4 nitrogen and oxygen atoms in total. The number of benzene rings is 1. The Morgan fingerprint density at radius 2 is 1.89 bits per heavy atom. The van der Waals surface area contributed by atoms with Crippen molar-refractivity contribution in [3.8, 4) is 0 Å². The molecule has 0 aliphatic carbocycles. The summed E-state index contributed by atoms with van der Waals surface area (Å²) in [5.74, 6) is 0.237. The largest absolute Gasteiger partial charge is 0.263 e. The maximum Gasteiger partial charge on any atom is 0.263 e. The molecule has 19 heavy (non-hydrogen) atoms. The van der Waals surface area contributed by atoms with Crippen molar-refractivity contribution in [1.82, 2.24) is 4.98 Å². The van der Waals surface area contributed by atoms with E-state index in [4.69, 9.17) is 11.6 Å². The van der Waals surface area contributed by atoms with Gasteiger partial charge in [-0.25, -0.2) is 13.4 Å². The fourth-order valence-corrected chi connectivity index (χ4v) is 3.31. The van der Waals surface area contributed by atoms with Crippen molar-refractivity contribution in [3.63, 3.8) is 0 Å². The topological polar surface area (TPSA) is 59.1 Å². The number of nitrogens with zero attached hydrogens (tertiary/aromatic N) is 1. The van der Waals surface area contributed by atoms with E-state index in [-0.39, 0.29) is 10.7 Å². The smallest absolute Gasteiger partial charge is 0.263 e. The second-order valence-corrected chi connectivity index (χ2v) is 7.40. The van der Waals surface area contributed by atoms with Crippen LogP contribution in [0.3, 0.4) is 0 Å². The van der Waals surface area contributed by atoms with Crippen LogP contribution in [-0.2, 0) is 10.0 Å². The van der Waals surface area contributed by atoms with Crippen molar-refractivity contribution in [2.24, 2.45) is 0 Å². The van der Waals surface area contributed by atoms with E-state index in [1.807, 2.05) is 0 Å². The lowest BCUT2D eigenvalue weighted by Gasteiger charge is -2.08. The van der Waals surface area contributed by atoms with Crippen LogP contribution >= 0.6 is 43.5 Å². The second-order valence-electron chi connectivity index (χ2n) is 3.54. The molecule has 0 saturated carbocycles. The average Bonchev–Trinajstić information content (AvgIpc) is 2.32. The molecule has 0 amide bonds. The number of sulfonamides is 1. The van der Waals surface area contributed by atoms with Gasteiger partial charge < -0.3 is 0 Å². The molecule has 100 valence electrons. The number of hydrogen-bond acceptors (Lipinski definition) is 3. The van der Waals surface area contributed by atoms with Crippen LogP contribution in [0.1, 0.15) is 0 Å². The fraction of sp³-hybridized carbons (Fsp3) is 0. The third-order valence-corrected chi connectivity index (χ3v) is 5.22. The molecule has 1 N–H and O–H groups in total. The average molecular weight is 427 g/mol. The zero-order valence-electron chi connectivity index (χ0n) is 9.27. The highest BCUT2D eigenvalue weighted by molar-refractivity contribution is 9.10. The summed E-state index contributed by atoms with van der Waals surface area (Å²) >= 11 is 12.3. The van der Waals surface area contributed by atoms with Crippen LogP contribution in [0.4, 0.5) is 5.82 Å². The van der Waals surface area contributed by atoms with Gasteiger partial charge in [0.2, 0.25) is 0 Å². The molecule has 0 spiro atoms. The molecule has 0 unspecified atom stereocenters. The highest BCUT2D eigenvalue weighted by Gasteiger charge is 2.16. The first-order chi connectivity index (χ1) is 8.88. The van der Waals surface area contributed by atoms with Crippen LogP contribution in [0, 0.1) is 0 Å². The lowest BCUT2D eigenvalue weighted by Crippen LogP contribution is -2.13. The number of anilines is 1. The van der Waals surface area contributed by atoms with Crippen molar-refractivity contribution >= 4 is 59.3 Å². The molecule has 0 atom stereocenters. The van der Waals surface area contributed by atoms with Gasteiger partial charge in [-0.3, -0.25) is 4.72 Å². The SMILES string of the molecule is O=S(=O)(Nc1cc(Br)ccn1)c1ccc(Cl)c(Br)c1. The van der Waals surface area contributed by atoms with Gasteiger partial charge in [0.05, 0.1) is 9.92 Å². The van der Waals surface area contributed by atoms with Crippen molar-refractivity contribution in [2.45, 2.75) is 4.90 Å². The highest BCUT2D eigenvalue weighted by atomic mass is 79.9. The molecule has 0 aliphatic heterocycles. The quantitative estimate of drug-likeness (QED) is 0.805. The summed E-state index contributed by atoms with van der Waals surface area (Å²) < 4.78 is 27.9. The standard InChI is InChI=1S/C11H7Br2ClN2O2S/c12-7-3-4-15-11(5-7)16-19(17,18)8-1-2-10(14)9(13)6-8/h1-6H,(H,15,16). The summed E-state index contributed by atoms with van der Waals surface area (Å²) in [4.78, 5) is 4.03. The molecular weight excluding hydrogens is 419 g/mol. The van der Waals surface area contributed by atoms with E-state index in [2.05, 4.69) is 41.6 Å². The molecule has 0 fully saturated rings. The van der Waals surface area contributed by atoms with E-state index >= 15 is 0 Å². The molecule has 0 radical (unpaired) electrons. The number of nitrogens with one attached hydrogen (secondary N) is 1. The summed E-state index contributed by atoms with van der Waals surface area (Å²) in [6.45, 7) is 0. The number of hydrogen-bond donors (Lipinski definition) is 1. The molecule has 1 aromatic carbocycles. The number of halogens is 3. The van der Waals surface area contributed by atoms with E-state index in [1.165, 1.54) is 24.4 Å². The lowest BCUT2D eigenvalue weighted by atomic mass is 10.4. The van der Waals surface area contributed by atoms with Crippen molar-refractivity contribution in [2.75, 3.05) is 4.72 Å². The maximum absolute atomic E-state index is 12.1. The second kappa shape index (κ2) is 5.78. The summed E-state index contributed by atoms with van der Waals surface area (Å²) in [5, 5.41) is 0.444. The molecule has 1 heterocycles. The van der Waals surface area contributed by atoms with E-state index < -0.39 is 10.0 Å². The van der Waals surface area contributed by atoms with Crippen molar-refractivity contribution < 1.29 is 8.42 Å². The van der Waals surface area contributed by atoms with Crippen LogP contribution in [0.2, 0.25) is 5.02 Å². The first kappa shape index (κ1) is 14.8. The predicted molar refractivity (Wildman–Crippen MR) is 81.9 cm³/mol. The zero-order valence-corrected chi connectivity index (χ0v) is 14.0. The maximum atomic E-state index is 12.1. The Bertz CT molecular complexity index is 722. The molecule has 8 heteroatoms. The Morgan fingerprint density at radius 1 is 1.16 bits per heavy atom. The van der Waals surface area contributed by atoms with Gasteiger partial charge >= 0.3 is 0 Å². The summed E-state index contributed by atoms with van der Waals surface area (Å²) in [6.07, 6.45) is 1.50. The van der Waals surface area contributed by atoms with Gasteiger partial charge in [-0.05, 0) is 46.3 Å². The van der Waals surface area contributed by atoms with Gasteiger partial charge in [-0.1, -0.05) is 27.5 Å². The third-order valence-electron chi connectivity index (χ3n) is 2.16. The normalized spacial score (nSPS) is 11.3. The molecule has 0 saturated heterocycles. The summed E-state index contributed by atoms with van der Waals surface area (Å²) in [5.41, 5.74) is 0. The van der Waals surface area contributed by atoms with Gasteiger partial charge in [0, 0.05) is 15.1 Å². The number of pyridine rings is 1. The first-order valence-electron chi connectivity index (χ1n) is 4.98. The van der Waals surface area contributed by atoms with Gasteiger partial charge in [-0.15, -0.1) is 0 Å². The van der Waals surface area contributed by atoms with Gasteiger partial charge in [0.1, 0.15) is 5.82 Å². The Hall–Kier alpha value is -0.630. The highest BCUT2D eigenvalue weighted by Crippen LogP contribution is 2.26. The minimum Gasteiger partial charge on any atom is -0.263 e. The van der Waals surface area contributed by atoms with E-state index in [0.717, 1.165) is 4.47 Å². The van der Waals surface area contributed by atoms with E-state index in [0.29, 0.717) is 9.50 Å². The lowest BCUT2D eigenvalue weighted by molar-refractivity contribution is 0.601. The van der Waals surface area contributed by atoms with Crippen LogP contribution in [0.25, 0.3) is 0 Å². The summed E-state index contributed by atoms with van der Waals surface area (Å²) in [6, 6.07) is 7.64. The van der Waals surface area contributed by atoms with Crippen LogP contribution in [0.5, 0.6) is 0 Å². The van der Waals surface area contributed by atoms with Crippen molar-refractivity contribution in [3.05, 3.63) is 50.5 Å². The molecule has 0 bridgehead atoms. The molecule has 2 aromatic rings. The van der Waals surface area contributed by atoms with Crippen molar-refractivity contribution in [1.29, 1.82) is 0 Å². The fourth-order valence-electron chi connectivity index (χ4n) is 1.30. The number of aromatic nitrogens is 1. The van der Waals surface area contributed by atoms with Gasteiger partial charge in [0.15, 0.2) is 0 Å². The van der Waals surface area contributed by atoms with Crippen LogP contribution < -0.4 is 4.72 Å². The Kier molecular flexibility index (Phi) is 4.50. The van der Waals surface area contributed by atoms with Gasteiger partial charge in [-0.2, -0.15) is 0 Å². The Balaban J connectivity index is 2.35. The zero-order chi connectivity index (χ0) is 14.0. The molecular formula is C11H7Br2ClN2O2S. The van der Waals surface area contributed by atoms with E-state index in [1.54, 1.807) is 12.1 Å². The molecule has 1 aromatic heterocycles. The first-order valence-corrected chi connectivity index (χ1v) is 8.42. The van der Waals surface area contributed by atoms with Crippen LogP contribution in [-0.4, -0.2) is 13.4 Å². The van der Waals surface area contributed by atoms with Crippen LogP contribution in [0.15, 0.2) is 50.4 Å². The summed E-state index contributed by atoms with van der Waals surface area (Å²) in [7, 11) is -3.69. The minimum atomic E-state index is -3.69. The minimum absolute atomic E-state index is 0.102. The Labute approximate surface area is 132 Å². The number of rotatable bonds is 3. The molecule has 0 aliphatic rings. The Morgan fingerprint density at radius 3 is 2.53 bits per heavy atom. The van der Waals surface area contributed by atoms with E-state index in [9.17, 15) is 8.42 Å². The predicted octanol–water partition coefficient (Wildman–Crippen LogP) is 4.06. The monoisotopic (exact) mass is 424 g/mol. The third kappa shape index (κ3) is 3.68. The van der Waals surface area contributed by atoms with Gasteiger partial charge in [0.25, 0.3) is 10.0 Å².